The minimum atomic E-state index is -2.62. The van der Waals surface area contributed by atoms with Crippen LogP contribution in [-0.2, 0) is 35.0 Å². The molecule has 1 unspecified atom stereocenters. The summed E-state index contributed by atoms with van der Waals surface area (Å²) in [7, 11) is -1.09. The van der Waals surface area contributed by atoms with Gasteiger partial charge < -0.3 is 37.0 Å². The normalized spacial score (nSPS) is 20.7. The summed E-state index contributed by atoms with van der Waals surface area (Å²) in [6, 6.07) is 28.4. The minimum Gasteiger partial charge on any atom is -0.497 e. The highest BCUT2D eigenvalue weighted by atomic mass is 31.2. The van der Waals surface area contributed by atoms with E-state index in [4.69, 9.17) is 37.4 Å². The molecule has 0 N–H and O–H groups in total. The standard InChI is InChI=1S/C52H68N5O8PSi/c1-34(2)57(35(3)4)66(62-30-16-29-53)64-47-43(32-61-52(38-17-14-13-15-18-38,39-21-25-41(59-9)26-22-39)40-23-27-42(60-10)28-24-40)63-50(48(47)65-67(11,12)51(6,7)8)56-31-37-20-19-36(5)46(58)45-44(37)49(56)55-33-54-45/h13-15,17-18,21-28,31,33-36,43,47-48,50H,16,19-20,30,32H2,1-12H3/t36-,43+,47+,48+,50+,66?/m0/s1. The molecule has 67 heavy (non-hydrogen) atoms. The van der Waals surface area contributed by atoms with Gasteiger partial charge >= 0.3 is 0 Å². The fraction of sp³-hybridized carbons (Fsp3) is 0.500. The summed E-state index contributed by atoms with van der Waals surface area (Å²) in [5.41, 5.74) is 3.51. The van der Waals surface area contributed by atoms with Crippen molar-refractivity contribution in [3.8, 4) is 17.6 Å². The molecule has 13 nitrogen and oxygen atoms in total. The molecule has 2 aromatic heterocycles. The Kier molecular flexibility index (Phi) is 15.8. The van der Waals surface area contributed by atoms with E-state index < -0.39 is 47.0 Å². The third kappa shape index (κ3) is 10.3. The molecule has 7 rings (SSSR count). The van der Waals surface area contributed by atoms with Crippen molar-refractivity contribution in [2.24, 2.45) is 5.92 Å². The summed E-state index contributed by atoms with van der Waals surface area (Å²) in [6.45, 7) is 21.8. The molecule has 0 spiro atoms. The lowest BCUT2D eigenvalue weighted by molar-refractivity contribution is -0.0925. The van der Waals surface area contributed by atoms with Crippen LogP contribution in [-0.4, -0.2) is 91.1 Å². The number of ketones is 1. The van der Waals surface area contributed by atoms with Gasteiger partial charge in [0.05, 0.1) is 45.3 Å². The second kappa shape index (κ2) is 21.0. The Hall–Kier alpha value is -4.55. The molecule has 358 valence electrons. The molecule has 0 saturated carbocycles. The van der Waals surface area contributed by atoms with Crippen molar-refractivity contribution in [1.29, 1.82) is 5.26 Å². The Labute approximate surface area is 399 Å². The van der Waals surface area contributed by atoms with Crippen LogP contribution in [0, 0.1) is 17.2 Å². The first-order valence-electron chi connectivity index (χ1n) is 23.4. The number of nitrogens with zero attached hydrogens (tertiary/aromatic N) is 5. The largest absolute Gasteiger partial charge is 0.497 e. The number of rotatable bonds is 19. The van der Waals surface area contributed by atoms with Gasteiger partial charge in [0.2, 0.25) is 0 Å². The van der Waals surface area contributed by atoms with Crippen LogP contribution in [0.3, 0.4) is 0 Å². The van der Waals surface area contributed by atoms with Crippen LogP contribution in [0.4, 0.5) is 0 Å². The first kappa shape index (κ1) is 50.3. The Morgan fingerprint density at radius 2 is 1.49 bits per heavy atom. The van der Waals surface area contributed by atoms with Gasteiger partial charge in [0.15, 0.2) is 20.3 Å². The van der Waals surface area contributed by atoms with Crippen molar-refractivity contribution in [3.63, 3.8) is 0 Å². The smallest absolute Gasteiger partial charge is 0.259 e. The van der Waals surface area contributed by atoms with Crippen LogP contribution >= 0.6 is 8.53 Å². The van der Waals surface area contributed by atoms with E-state index in [0.29, 0.717) is 35.7 Å². The molecule has 5 aromatic rings. The second-order valence-corrected chi connectivity index (χ2v) is 25.8. The molecular formula is C52H68N5O8PSi. The van der Waals surface area contributed by atoms with E-state index in [-0.39, 0.29) is 48.5 Å². The minimum absolute atomic E-state index is 0.00902. The average molecular weight is 950 g/mol. The molecule has 1 saturated heterocycles. The fourth-order valence-corrected chi connectivity index (χ4v) is 12.0. The molecule has 15 heteroatoms. The predicted octanol–water partition coefficient (Wildman–Crippen LogP) is 11.2. The molecule has 0 bridgehead atoms. The zero-order valence-electron chi connectivity index (χ0n) is 41.2. The predicted molar refractivity (Wildman–Crippen MR) is 264 cm³/mol. The van der Waals surface area contributed by atoms with Gasteiger partial charge in [-0.15, -0.1) is 0 Å². The maximum Gasteiger partial charge on any atom is 0.259 e. The second-order valence-electron chi connectivity index (χ2n) is 19.6. The van der Waals surface area contributed by atoms with Crippen LogP contribution in [0.15, 0.2) is 91.4 Å². The Bertz CT molecular complexity index is 2430. The summed E-state index contributed by atoms with van der Waals surface area (Å²) in [5.74, 6) is 1.27. The number of benzene rings is 3. The molecule has 6 atom stereocenters. The summed E-state index contributed by atoms with van der Waals surface area (Å²) in [6.07, 6.45) is 2.15. The lowest BCUT2D eigenvalue weighted by Gasteiger charge is -2.42. The van der Waals surface area contributed by atoms with Crippen molar-refractivity contribution in [2.45, 2.75) is 135 Å². The number of hydrogen-bond acceptors (Lipinski definition) is 12. The molecule has 2 aliphatic rings. The van der Waals surface area contributed by atoms with Gasteiger partial charge in [-0.05, 0) is 105 Å². The number of Topliss-reactive ketones (excluding diaryl/α,β-unsaturated/α-hetero) is 1. The zero-order chi connectivity index (χ0) is 48.3. The van der Waals surface area contributed by atoms with Crippen molar-refractivity contribution >= 4 is 33.7 Å². The van der Waals surface area contributed by atoms with Gasteiger partial charge in [0.1, 0.15) is 53.1 Å². The first-order chi connectivity index (χ1) is 31.9. The van der Waals surface area contributed by atoms with Crippen LogP contribution in [0.5, 0.6) is 11.5 Å². The van der Waals surface area contributed by atoms with E-state index >= 15 is 0 Å². The van der Waals surface area contributed by atoms with Crippen LogP contribution in [0.1, 0.15) is 107 Å². The van der Waals surface area contributed by atoms with Crippen molar-refractivity contribution in [3.05, 3.63) is 119 Å². The highest BCUT2D eigenvalue weighted by Crippen LogP contribution is 2.53. The molecule has 3 aromatic carbocycles. The number of carbonyl (C=O) groups is 1. The van der Waals surface area contributed by atoms with Gasteiger partial charge in [0, 0.05) is 24.2 Å². The molecule has 0 amide bonds. The Morgan fingerprint density at radius 1 is 0.896 bits per heavy atom. The third-order valence-electron chi connectivity index (χ3n) is 13.5. The topological polar surface area (TPSA) is 139 Å². The lowest BCUT2D eigenvalue weighted by atomic mass is 9.80. The third-order valence-corrected chi connectivity index (χ3v) is 20.1. The van der Waals surface area contributed by atoms with E-state index in [1.165, 1.54) is 6.33 Å². The van der Waals surface area contributed by atoms with E-state index in [1.807, 2.05) is 78.2 Å². The number of nitriles is 1. The number of ether oxygens (including phenoxy) is 4. The fourth-order valence-electron chi connectivity index (χ4n) is 8.98. The van der Waals surface area contributed by atoms with E-state index in [2.05, 4.69) is 95.6 Å². The molecule has 1 fully saturated rings. The molecule has 0 radical (unpaired) electrons. The highest BCUT2D eigenvalue weighted by molar-refractivity contribution is 7.44. The molecule has 3 heterocycles. The van der Waals surface area contributed by atoms with Gasteiger partial charge in [-0.1, -0.05) is 82.3 Å². The van der Waals surface area contributed by atoms with E-state index in [1.54, 1.807) is 14.2 Å². The number of carbonyl (C=O) groups excluding carboxylic acids is 1. The van der Waals surface area contributed by atoms with Crippen molar-refractivity contribution < 1.29 is 37.2 Å². The number of hydrogen-bond donors (Lipinski definition) is 0. The molecule has 1 aliphatic heterocycles. The van der Waals surface area contributed by atoms with Crippen LogP contribution in [0.2, 0.25) is 18.1 Å². The zero-order valence-corrected chi connectivity index (χ0v) is 43.1. The van der Waals surface area contributed by atoms with E-state index in [9.17, 15) is 10.1 Å². The summed E-state index contributed by atoms with van der Waals surface area (Å²) < 4.78 is 52.3. The first-order valence-corrected chi connectivity index (χ1v) is 27.4. The Balaban J connectivity index is 1.44. The summed E-state index contributed by atoms with van der Waals surface area (Å²) in [4.78, 5) is 23.2. The number of aryl methyl sites for hydroxylation is 1. The van der Waals surface area contributed by atoms with Gasteiger partial charge in [-0.25, -0.2) is 14.6 Å². The summed E-state index contributed by atoms with van der Waals surface area (Å²) >= 11 is 0. The van der Waals surface area contributed by atoms with Crippen molar-refractivity contribution in [1.82, 2.24) is 19.2 Å². The van der Waals surface area contributed by atoms with E-state index in [0.717, 1.165) is 27.6 Å². The molecule has 1 aliphatic carbocycles. The van der Waals surface area contributed by atoms with Crippen molar-refractivity contribution in [2.75, 3.05) is 27.4 Å². The van der Waals surface area contributed by atoms with Crippen LogP contribution in [0.25, 0.3) is 11.0 Å². The lowest BCUT2D eigenvalue weighted by Crippen LogP contribution is -2.50. The van der Waals surface area contributed by atoms with Gasteiger partial charge in [0.25, 0.3) is 8.53 Å². The van der Waals surface area contributed by atoms with Gasteiger partial charge in [-0.3, -0.25) is 4.79 Å². The SMILES string of the molecule is COc1ccc(C(OC[C@H]2O[C@@H](n3cc4c5c(ncnc53)C(=O)[C@@H](C)CC4)[C@H](O[Si](C)(C)C(C)(C)C)[C@@H]2OP(OCCC#N)N(C(C)C)C(C)C)(c2ccccc2)c2ccc(OC)cc2)cc1. The number of methoxy groups -OCH3 is 2. The summed E-state index contributed by atoms with van der Waals surface area (Å²) in [5, 5.41) is 10.2. The highest BCUT2D eigenvalue weighted by Gasteiger charge is 2.55. The quantitative estimate of drug-likeness (QED) is 0.0337. The maximum absolute atomic E-state index is 13.8. The number of aromatic nitrogens is 3. The Morgan fingerprint density at radius 3 is 2.04 bits per heavy atom. The monoisotopic (exact) mass is 949 g/mol. The maximum atomic E-state index is 13.8. The van der Waals surface area contributed by atoms with Crippen LogP contribution < -0.4 is 9.47 Å². The average Bonchev–Trinajstić information content (AvgIpc) is 3.81. The molecular weight excluding hydrogens is 882 g/mol. The van der Waals surface area contributed by atoms with Gasteiger partial charge in [-0.2, -0.15) is 5.26 Å².